The third-order valence-electron chi connectivity index (χ3n) is 3.44. The van der Waals surface area contributed by atoms with Crippen molar-refractivity contribution in [2.24, 2.45) is 5.10 Å². The van der Waals surface area contributed by atoms with Gasteiger partial charge in [-0.1, -0.05) is 34.1 Å². The van der Waals surface area contributed by atoms with Crippen molar-refractivity contribution in [1.29, 1.82) is 0 Å². The third kappa shape index (κ3) is 3.38. The molecule has 8 heteroatoms. The Morgan fingerprint density at radius 1 is 1.04 bits per heavy atom. The maximum absolute atomic E-state index is 4.50. The number of benzene rings is 1. The van der Waals surface area contributed by atoms with E-state index in [0.29, 0.717) is 17.3 Å². The van der Waals surface area contributed by atoms with Crippen molar-refractivity contribution in [3.05, 3.63) is 71.0 Å². The molecule has 0 aliphatic carbocycles. The topological polar surface area (TPSA) is 80.4 Å². The lowest BCUT2D eigenvalue weighted by Crippen LogP contribution is -2.00. The van der Waals surface area contributed by atoms with Crippen LogP contribution in [0.3, 0.4) is 0 Å². The van der Waals surface area contributed by atoms with Crippen molar-refractivity contribution in [1.82, 2.24) is 24.8 Å². The van der Waals surface area contributed by atoms with Crippen molar-refractivity contribution in [2.45, 2.75) is 0 Å². The molecular weight excluding hydrogens is 382 g/mol. The van der Waals surface area contributed by atoms with Gasteiger partial charge in [-0.25, -0.2) is 0 Å². The van der Waals surface area contributed by atoms with E-state index < -0.39 is 0 Å². The molecule has 0 atom stereocenters. The third-order valence-corrected chi connectivity index (χ3v) is 3.97. The summed E-state index contributed by atoms with van der Waals surface area (Å²) >= 11 is 3.43. The SMILES string of the molecule is Brc1ccc(-c2nnc3ccc(NN=Cc4cccnc4)nn23)cc1. The van der Waals surface area contributed by atoms with Gasteiger partial charge in [0.2, 0.25) is 0 Å². The zero-order valence-electron chi connectivity index (χ0n) is 12.9. The lowest BCUT2D eigenvalue weighted by Gasteiger charge is -2.02. The van der Waals surface area contributed by atoms with Gasteiger partial charge in [0.05, 0.1) is 6.21 Å². The van der Waals surface area contributed by atoms with Crippen LogP contribution in [-0.2, 0) is 0 Å². The van der Waals surface area contributed by atoms with Crippen LogP contribution in [0.1, 0.15) is 5.56 Å². The summed E-state index contributed by atoms with van der Waals surface area (Å²) in [4.78, 5) is 4.04. The van der Waals surface area contributed by atoms with Crippen molar-refractivity contribution in [2.75, 3.05) is 5.43 Å². The molecule has 7 nitrogen and oxygen atoms in total. The van der Waals surface area contributed by atoms with E-state index in [1.807, 2.05) is 42.5 Å². The average Bonchev–Trinajstić information content (AvgIpc) is 3.07. The second-order valence-corrected chi connectivity index (χ2v) is 6.09. The first-order chi connectivity index (χ1) is 12.3. The van der Waals surface area contributed by atoms with E-state index in [9.17, 15) is 0 Å². The van der Waals surface area contributed by atoms with Gasteiger partial charge < -0.3 is 0 Å². The Morgan fingerprint density at radius 3 is 2.72 bits per heavy atom. The van der Waals surface area contributed by atoms with E-state index in [1.165, 1.54) is 0 Å². The van der Waals surface area contributed by atoms with Crippen LogP contribution in [0.2, 0.25) is 0 Å². The first kappa shape index (κ1) is 15.4. The Kier molecular flexibility index (Phi) is 4.17. The summed E-state index contributed by atoms with van der Waals surface area (Å²) in [6, 6.07) is 15.2. The highest BCUT2D eigenvalue weighted by atomic mass is 79.9. The summed E-state index contributed by atoms with van der Waals surface area (Å²) in [5.41, 5.74) is 5.40. The van der Waals surface area contributed by atoms with Crippen LogP contribution in [0.15, 0.2) is 70.5 Å². The Morgan fingerprint density at radius 2 is 1.92 bits per heavy atom. The summed E-state index contributed by atoms with van der Waals surface area (Å²) < 4.78 is 2.69. The van der Waals surface area contributed by atoms with E-state index in [-0.39, 0.29) is 0 Å². The Balaban J connectivity index is 1.62. The van der Waals surface area contributed by atoms with Crippen molar-refractivity contribution in [3.63, 3.8) is 0 Å². The van der Waals surface area contributed by atoms with Gasteiger partial charge in [0.15, 0.2) is 17.3 Å². The number of nitrogens with one attached hydrogen (secondary N) is 1. The molecule has 0 radical (unpaired) electrons. The normalized spacial score (nSPS) is 11.2. The van der Waals surface area contributed by atoms with E-state index >= 15 is 0 Å². The number of hydrogen-bond acceptors (Lipinski definition) is 6. The Labute approximate surface area is 151 Å². The van der Waals surface area contributed by atoms with Crippen molar-refractivity contribution >= 4 is 33.6 Å². The molecule has 25 heavy (non-hydrogen) atoms. The summed E-state index contributed by atoms with van der Waals surface area (Å²) in [7, 11) is 0. The van der Waals surface area contributed by atoms with Gasteiger partial charge in [0.1, 0.15) is 0 Å². The number of anilines is 1. The molecule has 0 aliphatic heterocycles. The minimum absolute atomic E-state index is 0.589. The van der Waals surface area contributed by atoms with Crippen molar-refractivity contribution in [3.8, 4) is 11.4 Å². The maximum atomic E-state index is 4.50. The molecule has 0 saturated heterocycles. The Bertz CT molecular complexity index is 1030. The summed E-state index contributed by atoms with van der Waals surface area (Å²) in [5.74, 6) is 1.26. The minimum Gasteiger partial charge on any atom is -0.264 e. The number of nitrogens with zero attached hydrogens (tertiary/aromatic N) is 6. The molecule has 122 valence electrons. The fourth-order valence-corrected chi connectivity index (χ4v) is 2.52. The summed E-state index contributed by atoms with van der Waals surface area (Å²) in [6.45, 7) is 0. The first-order valence-electron chi connectivity index (χ1n) is 7.47. The zero-order chi connectivity index (χ0) is 17.1. The van der Waals surface area contributed by atoms with Gasteiger partial charge >= 0.3 is 0 Å². The van der Waals surface area contributed by atoms with Gasteiger partial charge in [0, 0.05) is 28.0 Å². The van der Waals surface area contributed by atoms with Crippen LogP contribution < -0.4 is 5.43 Å². The molecule has 0 fully saturated rings. The molecule has 0 saturated carbocycles. The van der Waals surface area contributed by atoms with E-state index in [0.717, 1.165) is 15.6 Å². The fourth-order valence-electron chi connectivity index (χ4n) is 2.25. The smallest absolute Gasteiger partial charge is 0.185 e. The number of halogens is 1. The second-order valence-electron chi connectivity index (χ2n) is 5.18. The number of hydrazone groups is 1. The average molecular weight is 394 g/mol. The molecule has 0 aliphatic rings. The standard InChI is InChI=1S/C17H12BrN7/c18-14-5-3-13(4-6-14)17-23-22-16-8-7-15(24-25(16)17)21-20-11-12-2-1-9-19-10-12/h1-11H,(H,21,24). The molecule has 0 amide bonds. The minimum atomic E-state index is 0.589. The Hall–Kier alpha value is -3.13. The van der Waals surface area contributed by atoms with Crippen LogP contribution in [0.5, 0.6) is 0 Å². The number of rotatable bonds is 4. The molecule has 4 aromatic rings. The highest BCUT2D eigenvalue weighted by molar-refractivity contribution is 9.10. The van der Waals surface area contributed by atoms with E-state index in [1.54, 1.807) is 29.2 Å². The first-order valence-corrected chi connectivity index (χ1v) is 8.26. The quantitative estimate of drug-likeness (QED) is 0.424. The van der Waals surface area contributed by atoms with Crippen LogP contribution in [0.4, 0.5) is 5.82 Å². The molecule has 4 rings (SSSR count). The molecular formula is C17H12BrN7. The van der Waals surface area contributed by atoms with Gasteiger partial charge in [-0.2, -0.15) is 9.62 Å². The van der Waals surface area contributed by atoms with Crippen LogP contribution in [0, 0.1) is 0 Å². The lowest BCUT2D eigenvalue weighted by molar-refractivity contribution is 0.934. The highest BCUT2D eigenvalue weighted by Gasteiger charge is 2.09. The second kappa shape index (κ2) is 6.78. The molecule has 1 N–H and O–H groups in total. The molecule has 3 aromatic heterocycles. The number of aromatic nitrogens is 5. The van der Waals surface area contributed by atoms with Crippen molar-refractivity contribution < 1.29 is 0 Å². The van der Waals surface area contributed by atoms with Gasteiger partial charge in [0.25, 0.3) is 0 Å². The maximum Gasteiger partial charge on any atom is 0.185 e. The zero-order valence-corrected chi connectivity index (χ0v) is 14.5. The molecule has 0 unspecified atom stereocenters. The van der Waals surface area contributed by atoms with Gasteiger partial charge in [-0.05, 0) is 30.3 Å². The molecule has 0 spiro atoms. The summed E-state index contributed by atoms with van der Waals surface area (Å²) in [6.07, 6.45) is 5.13. The monoisotopic (exact) mass is 393 g/mol. The lowest BCUT2D eigenvalue weighted by atomic mass is 10.2. The van der Waals surface area contributed by atoms with Crippen LogP contribution in [-0.4, -0.2) is 31.0 Å². The number of pyridine rings is 1. The molecule has 0 bridgehead atoms. The van der Waals surface area contributed by atoms with E-state index in [2.05, 4.69) is 46.7 Å². The predicted molar refractivity (Wildman–Crippen MR) is 99.4 cm³/mol. The van der Waals surface area contributed by atoms with Crippen LogP contribution in [0.25, 0.3) is 17.0 Å². The highest BCUT2D eigenvalue weighted by Crippen LogP contribution is 2.20. The fraction of sp³-hybridized carbons (Fsp3) is 0. The summed E-state index contributed by atoms with van der Waals surface area (Å²) in [5, 5.41) is 17.1. The molecule has 3 heterocycles. The predicted octanol–water partition coefficient (Wildman–Crippen LogP) is 3.39. The van der Waals surface area contributed by atoms with E-state index in [4.69, 9.17) is 0 Å². The largest absolute Gasteiger partial charge is 0.264 e. The molecule has 1 aromatic carbocycles. The number of hydrogen-bond donors (Lipinski definition) is 1. The van der Waals surface area contributed by atoms with Crippen LogP contribution >= 0.6 is 15.9 Å². The number of fused-ring (bicyclic) bond motifs is 1. The van der Waals surface area contributed by atoms with Gasteiger partial charge in [-0.15, -0.1) is 15.3 Å². The van der Waals surface area contributed by atoms with Gasteiger partial charge in [-0.3, -0.25) is 10.4 Å².